The molecule has 114 valence electrons. The number of rotatable bonds is 7. The number of nitrogens with zero attached hydrogens (tertiary/aromatic N) is 1. The van der Waals surface area contributed by atoms with Gasteiger partial charge >= 0.3 is 0 Å². The van der Waals surface area contributed by atoms with Crippen molar-refractivity contribution in [1.82, 2.24) is 0 Å². The summed E-state index contributed by atoms with van der Waals surface area (Å²) in [6, 6.07) is 7.24. The van der Waals surface area contributed by atoms with Gasteiger partial charge in [-0.1, -0.05) is 20.8 Å². The molecule has 0 bridgehead atoms. The summed E-state index contributed by atoms with van der Waals surface area (Å²) < 4.78 is 23.5. The molecule has 1 unspecified atom stereocenters. The molecule has 0 saturated carbocycles. The fraction of sp³-hybridized carbons (Fsp3) is 0.600. The first-order valence-electron chi connectivity index (χ1n) is 7.07. The van der Waals surface area contributed by atoms with Gasteiger partial charge < -0.3 is 10.6 Å². The van der Waals surface area contributed by atoms with Gasteiger partial charge in [-0.25, -0.2) is 8.42 Å². The predicted molar refractivity (Wildman–Crippen MR) is 84.9 cm³/mol. The van der Waals surface area contributed by atoms with Crippen molar-refractivity contribution in [3.05, 3.63) is 24.3 Å². The van der Waals surface area contributed by atoms with Crippen LogP contribution in [0.5, 0.6) is 0 Å². The highest BCUT2D eigenvalue weighted by Crippen LogP contribution is 2.18. The molecule has 1 aromatic carbocycles. The lowest BCUT2D eigenvalue weighted by Crippen LogP contribution is -2.31. The first kappa shape index (κ1) is 17.0. The van der Waals surface area contributed by atoms with E-state index >= 15 is 0 Å². The minimum atomic E-state index is -3.12. The van der Waals surface area contributed by atoms with Crippen molar-refractivity contribution >= 4 is 15.5 Å². The Morgan fingerprint density at radius 2 is 1.75 bits per heavy atom. The van der Waals surface area contributed by atoms with Gasteiger partial charge in [-0.15, -0.1) is 0 Å². The molecule has 0 radical (unpaired) electrons. The molecule has 0 heterocycles. The number of benzene rings is 1. The Bertz CT molecular complexity index is 509. The number of sulfone groups is 1. The van der Waals surface area contributed by atoms with Crippen molar-refractivity contribution in [2.45, 2.75) is 38.1 Å². The molecule has 0 aliphatic carbocycles. The molecule has 0 aliphatic heterocycles. The van der Waals surface area contributed by atoms with Crippen LogP contribution in [0.3, 0.4) is 0 Å². The van der Waals surface area contributed by atoms with Crippen LogP contribution in [-0.4, -0.2) is 33.8 Å². The first-order valence-corrected chi connectivity index (χ1v) is 8.72. The van der Waals surface area contributed by atoms with Crippen LogP contribution in [0.4, 0.5) is 5.69 Å². The number of anilines is 1. The predicted octanol–water partition coefficient (Wildman–Crippen LogP) is 2.29. The number of nitrogens with two attached hydrogens (primary N) is 1. The van der Waals surface area contributed by atoms with Gasteiger partial charge in [0, 0.05) is 25.3 Å². The van der Waals surface area contributed by atoms with E-state index in [1.54, 1.807) is 19.1 Å². The highest BCUT2D eigenvalue weighted by molar-refractivity contribution is 7.91. The molecule has 2 N–H and O–H groups in total. The average molecular weight is 298 g/mol. The summed E-state index contributed by atoms with van der Waals surface area (Å²) in [5.74, 6) is 0.603. The normalized spacial score (nSPS) is 13.5. The minimum absolute atomic E-state index is 0.130. The van der Waals surface area contributed by atoms with E-state index in [1.807, 2.05) is 19.2 Å². The lowest BCUT2D eigenvalue weighted by atomic mass is 10.0. The average Bonchev–Trinajstić information content (AvgIpc) is 2.44. The Labute approximate surface area is 122 Å². The first-order chi connectivity index (χ1) is 9.27. The third-order valence-electron chi connectivity index (χ3n) is 3.67. The van der Waals surface area contributed by atoms with Crippen molar-refractivity contribution in [3.63, 3.8) is 0 Å². The molecular formula is C15H26N2O2S. The molecule has 1 atom stereocenters. The summed E-state index contributed by atoms with van der Waals surface area (Å²) in [5.41, 5.74) is 7.05. The highest BCUT2D eigenvalue weighted by atomic mass is 32.2. The van der Waals surface area contributed by atoms with Crippen LogP contribution in [0.15, 0.2) is 29.2 Å². The molecular weight excluding hydrogens is 272 g/mol. The molecule has 20 heavy (non-hydrogen) atoms. The van der Waals surface area contributed by atoms with Crippen LogP contribution in [0.25, 0.3) is 0 Å². The third kappa shape index (κ3) is 4.49. The second-order valence-electron chi connectivity index (χ2n) is 5.52. The monoisotopic (exact) mass is 298 g/mol. The van der Waals surface area contributed by atoms with E-state index in [-0.39, 0.29) is 11.8 Å². The van der Waals surface area contributed by atoms with E-state index < -0.39 is 9.84 Å². The maximum Gasteiger partial charge on any atom is 0.178 e. The number of hydrogen-bond donors (Lipinski definition) is 1. The lowest BCUT2D eigenvalue weighted by Gasteiger charge is -2.23. The standard InChI is InChI=1S/C15H26N2O2S/c1-5-20(18,19)14-8-6-13(7-9-14)17(4)11-10-15(16)12(2)3/h6-9,12,15H,5,10-11,16H2,1-4H3. The Morgan fingerprint density at radius 1 is 1.20 bits per heavy atom. The zero-order chi connectivity index (χ0) is 15.3. The van der Waals surface area contributed by atoms with Crippen LogP contribution >= 0.6 is 0 Å². The van der Waals surface area contributed by atoms with Crippen molar-refractivity contribution in [3.8, 4) is 0 Å². The van der Waals surface area contributed by atoms with E-state index in [2.05, 4.69) is 18.7 Å². The molecule has 0 aromatic heterocycles. The molecule has 4 nitrogen and oxygen atoms in total. The van der Waals surface area contributed by atoms with Gasteiger partial charge in [0.25, 0.3) is 0 Å². The maximum absolute atomic E-state index is 11.7. The summed E-state index contributed by atoms with van der Waals surface area (Å²) >= 11 is 0. The maximum atomic E-state index is 11.7. The van der Waals surface area contributed by atoms with Gasteiger partial charge in [-0.2, -0.15) is 0 Å². The summed E-state index contributed by atoms with van der Waals surface area (Å²) in [4.78, 5) is 2.49. The molecule has 1 rings (SSSR count). The van der Waals surface area contributed by atoms with Gasteiger partial charge in [0.15, 0.2) is 9.84 Å². The zero-order valence-corrected chi connectivity index (χ0v) is 13.7. The summed E-state index contributed by atoms with van der Waals surface area (Å²) in [7, 11) is -1.12. The molecule has 0 amide bonds. The van der Waals surface area contributed by atoms with Crippen molar-refractivity contribution in [2.75, 3.05) is 24.2 Å². The van der Waals surface area contributed by atoms with Crippen molar-refractivity contribution in [2.24, 2.45) is 11.7 Å². The molecule has 1 aromatic rings. The van der Waals surface area contributed by atoms with Crippen LogP contribution in [0, 0.1) is 5.92 Å². The number of hydrogen-bond acceptors (Lipinski definition) is 4. The lowest BCUT2D eigenvalue weighted by molar-refractivity contribution is 0.466. The second kappa shape index (κ2) is 7.09. The molecule has 0 aliphatic rings. The zero-order valence-electron chi connectivity index (χ0n) is 12.8. The minimum Gasteiger partial charge on any atom is -0.375 e. The second-order valence-corrected chi connectivity index (χ2v) is 7.79. The van der Waals surface area contributed by atoms with Gasteiger partial charge in [0.2, 0.25) is 0 Å². The Hall–Kier alpha value is -1.07. The highest BCUT2D eigenvalue weighted by Gasteiger charge is 2.12. The quantitative estimate of drug-likeness (QED) is 0.839. The van der Waals surface area contributed by atoms with Crippen LogP contribution in [-0.2, 0) is 9.84 Å². The van der Waals surface area contributed by atoms with Crippen LogP contribution in [0.2, 0.25) is 0 Å². The molecule has 5 heteroatoms. The smallest absolute Gasteiger partial charge is 0.178 e. The molecule has 0 fully saturated rings. The van der Waals surface area contributed by atoms with E-state index in [1.165, 1.54) is 0 Å². The van der Waals surface area contributed by atoms with Crippen LogP contribution < -0.4 is 10.6 Å². The van der Waals surface area contributed by atoms with Gasteiger partial charge in [-0.3, -0.25) is 0 Å². The van der Waals surface area contributed by atoms with E-state index in [0.29, 0.717) is 10.8 Å². The third-order valence-corrected chi connectivity index (χ3v) is 5.42. The Kier molecular flexibility index (Phi) is 6.02. The Balaban J connectivity index is 2.69. The van der Waals surface area contributed by atoms with Gasteiger partial charge in [-0.05, 0) is 36.6 Å². The SMILES string of the molecule is CCS(=O)(=O)c1ccc(N(C)CCC(N)C(C)C)cc1. The molecule has 0 spiro atoms. The topological polar surface area (TPSA) is 63.4 Å². The van der Waals surface area contributed by atoms with Crippen molar-refractivity contribution < 1.29 is 8.42 Å². The van der Waals surface area contributed by atoms with Crippen molar-refractivity contribution in [1.29, 1.82) is 0 Å². The summed E-state index contributed by atoms with van der Waals surface area (Å²) in [6.07, 6.45) is 0.920. The van der Waals surface area contributed by atoms with E-state index in [4.69, 9.17) is 5.73 Å². The van der Waals surface area contributed by atoms with E-state index in [0.717, 1.165) is 18.7 Å². The van der Waals surface area contributed by atoms with Gasteiger partial charge in [0.1, 0.15) is 0 Å². The fourth-order valence-corrected chi connectivity index (χ4v) is 2.76. The Morgan fingerprint density at radius 3 is 2.20 bits per heavy atom. The fourth-order valence-electron chi connectivity index (χ4n) is 1.88. The molecule has 0 saturated heterocycles. The summed E-state index contributed by atoms with van der Waals surface area (Å²) in [6.45, 7) is 6.76. The van der Waals surface area contributed by atoms with E-state index in [9.17, 15) is 8.42 Å². The summed E-state index contributed by atoms with van der Waals surface area (Å²) in [5, 5.41) is 0. The van der Waals surface area contributed by atoms with Crippen LogP contribution in [0.1, 0.15) is 27.2 Å². The van der Waals surface area contributed by atoms with Gasteiger partial charge in [0.05, 0.1) is 10.6 Å². The largest absolute Gasteiger partial charge is 0.375 e.